The van der Waals surface area contributed by atoms with Gasteiger partial charge in [-0.05, 0) is 46.8 Å². The summed E-state index contributed by atoms with van der Waals surface area (Å²) >= 11 is 0. The van der Waals surface area contributed by atoms with Gasteiger partial charge in [0.25, 0.3) is 0 Å². The van der Waals surface area contributed by atoms with Crippen molar-refractivity contribution in [3.05, 3.63) is 23.7 Å². The first-order chi connectivity index (χ1) is 9.67. The first kappa shape index (κ1) is 17.1. The van der Waals surface area contributed by atoms with E-state index in [9.17, 15) is 9.59 Å². The van der Waals surface area contributed by atoms with E-state index in [1.807, 2.05) is 26.0 Å². The molecule has 0 saturated heterocycles. The molecule has 2 N–H and O–H groups in total. The van der Waals surface area contributed by atoms with Crippen LogP contribution in [0.5, 0.6) is 0 Å². The van der Waals surface area contributed by atoms with Gasteiger partial charge in [0, 0.05) is 13.0 Å². The van der Waals surface area contributed by atoms with Crippen molar-refractivity contribution in [3.63, 3.8) is 0 Å². The van der Waals surface area contributed by atoms with Gasteiger partial charge in [0.2, 0.25) is 5.91 Å². The third-order valence-electron chi connectivity index (χ3n) is 2.59. The smallest absolute Gasteiger partial charge is 0.407 e. The fourth-order valence-corrected chi connectivity index (χ4v) is 1.66. The summed E-state index contributed by atoms with van der Waals surface area (Å²) in [6.45, 7) is 9.27. The summed E-state index contributed by atoms with van der Waals surface area (Å²) in [7, 11) is 0. The SMILES string of the molecule is Cc1ccc(C(C)NC(=O)CCNC(=O)OC(C)(C)C)o1. The van der Waals surface area contributed by atoms with Crippen molar-refractivity contribution in [1.82, 2.24) is 10.6 Å². The highest BCUT2D eigenvalue weighted by molar-refractivity contribution is 5.77. The Kier molecular flexibility index (Phi) is 5.81. The molecule has 1 aromatic rings. The molecule has 0 spiro atoms. The lowest BCUT2D eigenvalue weighted by atomic mass is 10.2. The Morgan fingerprint density at radius 1 is 1.33 bits per heavy atom. The van der Waals surface area contributed by atoms with Gasteiger partial charge in [0.05, 0.1) is 6.04 Å². The Balaban J connectivity index is 2.27. The lowest BCUT2D eigenvalue weighted by Gasteiger charge is -2.19. The molecule has 1 heterocycles. The lowest BCUT2D eigenvalue weighted by Crippen LogP contribution is -2.35. The van der Waals surface area contributed by atoms with Gasteiger partial charge in [-0.15, -0.1) is 0 Å². The molecule has 0 aliphatic carbocycles. The summed E-state index contributed by atoms with van der Waals surface area (Å²) in [6, 6.07) is 3.48. The zero-order valence-corrected chi connectivity index (χ0v) is 13.3. The minimum Gasteiger partial charge on any atom is -0.464 e. The number of amides is 2. The summed E-state index contributed by atoms with van der Waals surface area (Å²) in [5.74, 6) is 1.35. The van der Waals surface area contributed by atoms with Gasteiger partial charge in [-0.2, -0.15) is 0 Å². The zero-order valence-electron chi connectivity index (χ0n) is 13.3. The summed E-state index contributed by atoms with van der Waals surface area (Å²) in [5.41, 5.74) is -0.544. The molecular weight excluding hydrogens is 272 g/mol. The van der Waals surface area contributed by atoms with Crippen LogP contribution >= 0.6 is 0 Å². The van der Waals surface area contributed by atoms with Crippen LogP contribution in [0.25, 0.3) is 0 Å². The first-order valence-corrected chi connectivity index (χ1v) is 7.00. The Labute approximate surface area is 125 Å². The largest absolute Gasteiger partial charge is 0.464 e. The van der Waals surface area contributed by atoms with Crippen molar-refractivity contribution in [3.8, 4) is 0 Å². The van der Waals surface area contributed by atoms with E-state index in [2.05, 4.69) is 10.6 Å². The van der Waals surface area contributed by atoms with Crippen LogP contribution in [0.15, 0.2) is 16.5 Å². The molecule has 1 aromatic heterocycles. The quantitative estimate of drug-likeness (QED) is 0.875. The molecule has 0 aliphatic heterocycles. The maximum Gasteiger partial charge on any atom is 0.407 e. The zero-order chi connectivity index (χ0) is 16.0. The third kappa shape index (κ3) is 6.83. The standard InChI is InChI=1S/C15H24N2O4/c1-10-6-7-12(20-10)11(2)17-13(18)8-9-16-14(19)21-15(3,4)5/h6-7,11H,8-9H2,1-5H3,(H,16,19)(H,17,18). The van der Waals surface area contributed by atoms with Crippen LogP contribution in [0.1, 0.15) is 51.7 Å². The van der Waals surface area contributed by atoms with Gasteiger partial charge < -0.3 is 19.8 Å². The second-order valence-corrected chi connectivity index (χ2v) is 5.92. The summed E-state index contributed by atoms with van der Waals surface area (Å²) in [4.78, 5) is 23.2. The summed E-state index contributed by atoms with van der Waals surface area (Å²) in [6.07, 6.45) is -0.339. The molecule has 1 atom stereocenters. The number of hydrogen-bond acceptors (Lipinski definition) is 4. The fraction of sp³-hybridized carbons (Fsp3) is 0.600. The predicted octanol–water partition coefficient (Wildman–Crippen LogP) is 2.68. The molecule has 0 bridgehead atoms. The predicted molar refractivity (Wildman–Crippen MR) is 78.9 cm³/mol. The van der Waals surface area contributed by atoms with Crippen molar-refractivity contribution in [2.24, 2.45) is 0 Å². The molecule has 118 valence electrons. The van der Waals surface area contributed by atoms with E-state index in [1.54, 1.807) is 20.8 Å². The molecule has 1 rings (SSSR count). The lowest BCUT2D eigenvalue weighted by molar-refractivity contribution is -0.121. The highest BCUT2D eigenvalue weighted by Gasteiger charge is 2.16. The molecule has 0 saturated carbocycles. The van der Waals surface area contributed by atoms with Crippen molar-refractivity contribution in [2.45, 2.75) is 52.7 Å². The van der Waals surface area contributed by atoms with Crippen LogP contribution in [0, 0.1) is 6.92 Å². The van der Waals surface area contributed by atoms with Gasteiger partial charge in [0.15, 0.2) is 0 Å². The number of nitrogens with one attached hydrogen (secondary N) is 2. The van der Waals surface area contributed by atoms with Crippen LogP contribution in [-0.2, 0) is 9.53 Å². The number of furan rings is 1. The number of hydrogen-bond donors (Lipinski definition) is 2. The van der Waals surface area contributed by atoms with Gasteiger partial charge in [-0.25, -0.2) is 4.79 Å². The first-order valence-electron chi connectivity index (χ1n) is 7.00. The van der Waals surface area contributed by atoms with E-state index in [-0.39, 0.29) is 24.9 Å². The van der Waals surface area contributed by atoms with E-state index < -0.39 is 11.7 Å². The van der Waals surface area contributed by atoms with E-state index in [4.69, 9.17) is 9.15 Å². The van der Waals surface area contributed by atoms with Crippen LogP contribution < -0.4 is 10.6 Å². The average Bonchev–Trinajstić information content (AvgIpc) is 2.73. The highest BCUT2D eigenvalue weighted by atomic mass is 16.6. The number of aryl methyl sites for hydroxylation is 1. The van der Waals surface area contributed by atoms with Gasteiger partial charge >= 0.3 is 6.09 Å². The molecule has 0 aliphatic rings. The molecule has 0 radical (unpaired) electrons. The topological polar surface area (TPSA) is 80.6 Å². The van der Waals surface area contributed by atoms with Crippen molar-refractivity contribution < 1.29 is 18.7 Å². The van der Waals surface area contributed by atoms with Gasteiger partial charge in [-0.1, -0.05) is 0 Å². The Morgan fingerprint density at radius 3 is 2.52 bits per heavy atom. The Bertz CT molecular complexity index is 488. The highest BCUT2D eigenvalue weighted by Crippen LogP contribution is 2.15. The molecule has 6 nitrogen and oxygen atoms in total. The molecular formula is C15H24N2O4. The molecule has 21 heavy (non-hydrogen) atoms. The third-order valence-corrected chi connectivity index (χ3v) is 2.59. The minimum absolute atomic E-state index is 0.160. The van der Waals surface area contributed by atoms with Crippen molar-refractivity contribution in [1.29, 1.82) is 0 Å². The molecule has 6 heteroatoms. The van der Waals surface area contributed by atoms with Crippen molar-refractivity contribution >= 4 is 12.0 Å². The molecule has 1 unspecified atom stereocenters. The molecule has 0 aromatic carbocycles. The number of rotatable bonds is 5. The number of carbonyl (C=O) groups excluding carboxylic acids is 2. The molecule has 0 fully saturated rings. The number of carbonyl (C=O) groups is 2. The van der Waals surface area contributed by atoms with E-state index in [0.29, 0.717) is 5.76 Å². The van der Waals surface area contributed by atoms with Crippen LogP contribution in [0.2, 0.25) is 0 Å². The van der Waals surface area contributed by atoms with Crippen molar-refractivity contribution in [2.75, 3.05) is 6.54 Å². The maximum absolute atomic E-state index is 11.8. The van der Waals surface area contributed by atoms with E-state index in [0.717, 1.165) is 5.76 Å². The minimum atomic E-state index is -0.544. The number of alkyl carbamates (subject to hydrolysis) is 1. The second kappa shape index (κ2) is 7.15. The average molecular weight is 296 g/mol. The van der Waals surface area contributed by atoms with Crippen LogP contribution in [0.4, 0.5) is 4.79 Å². The fourth-order valence-electron chi connectivity index (χ4n) is 1.66. The van der Waals surface area contributed by atoms with E-state index >= 15 is 0 Å². The summed E-state index contributed by atoms with van der Waals surface area (Å²) < 4.78 is 10.5. The van der Waals surface area contributed by atoms with E-state index in [1.165, 1.54) is 0 Å². The molecule has 2 amide bonds. The normalized spacial score (nSPS) is 12.6. The van der Waals surface area contributed by atoms with Gasteiger partial charge in [0.1, 0.15) is 17.1 Å². The Morgan fingerprint density at radius 2 is 2.00 bits per heavy atom. The Hall–Kier alpha value is -1.98. The number of ether oxygens (including phenoxy) is 1. The monoisotopic (exact) mass is 296 g/mol. The van der Waals surface area contributed by atoms with Crippen LogP contribution in [-0.4, -0.2) is 24.1 Å². The maximum atomic E-state index is 11.8. The summed E-state index contributed by atoms with van der Waals surface area (Å²) in [5, 5.41) is 5.35. The van der Waals surface area contributed by atoms with Gasteiger partial charge in [-0.3, -0.25) is 4.79 Å². The van der Waals surface area contributed by atoms with Crippen LogP contribution in [0.3, 0.4) is 0 Å². The second-order valence-electron chi connectivity index (χ2n) is 5.92.